The summed E-state index contributed by atoms with van der Waals surface area (Å²) in [4.78, 5) is 4.20. The van der Waals surface area contributed by atoms with Gasteiger partial charge in [-0.25, -0.2) is 4.98 Å². The Bertz CT molecular complexity index is 325. The number of nitrogens with two attached hydrogens (primary N) is 1. The minimum absolute atomic E-state index is 0.0898. The van der Waals surface area contributed by atoms with Crippen LogP contribution in [0.2, 0.25) is 0 Å². The molecule has 4 nitrogen and oxygen atoms in total. The topological polar surface area (TPSA) is 60.2 Å². The van der Waals surface area contributed by atoms with E-state index in [0.29, 0.717) is 11.2 Å². The average Bonchev–Trinajstić information content (AvgIpc) is 2.61. The molecule has 0 aliphatic rings. The normalized spacial score (nSPS) is 14.0. The second kappa shape index (κ2) is 5.61. The number of hydrogen-bond acceptors (Lipinski definition) is 5. The lowest BCUT2D eigenvalue weighted by Gasteiger charge is -2.27. The van der Waals surface area contributed by atoms with Crippen LogP contribution in [-0.4, -0.2) is 23.7 Å². The monoisotopic (exact) mass is 243 g/mol. The summed E-state index contributed by atoms with van der Waals surface area (Å²) in [5, 5.41) is 6.02. The van der Waals surface area contributed by atoms with Crippen molar-refractivity contribution in [2.45, 2.75) is 45.4 Å². The average molecular weight is 243 g/mol. The number of rotatable bonds is 6. The Morgan fingerprint density at radius 1 is 1.62 bits per heavy atom. The fourth-order valence-electron chi connectivity index (χ4n) is 1.58. The molecule has 0 saturated carbocycles. The predicted molar refractivity (Wildman–Crippen MR) is 68.5 cm³/mol. The van der Waals surface area contributed by atoms with Crippen molar-refractivity contribution in [2.75, 3.05) is 12.8 Å². The van der Waals surface area contributed by atoms with Gasteiger partial charge in [-0.3, -0.25) is 0 Å². The zero-order valence-electron chi connectivity index (χ0n) is 10.4. The lowest BCUT2D eigenvalue weighted by Crippen LogP contribution is -2.35. The molecule has 0 bridgehead atoms. The van der Waals surface area contributed by atoms with Gasteiger partial charge in [-0.15, -0.1) is 11.3 Å². The number of nitrogen functional groups attached to an aromatic ring is 1. The third-order valence-corrected chi connectivity index (χ3v) is 3.27. The minimum Gasteiger partial charge on any atom is -0.379 e. The third-order valence-electron chi connectivity index (χ3n) is 2.55. The van der Waals surface area contributed by atoms with Crippen molar-refractivity contribution in [3.63, 3.8) is 0 Å². The smallest absolute Gasteiger partial charge is 0.180 e. The molecular formula is C11H21N3OS. The van der Waals surface area contributed by atoms with Gasteiger partial charge in [0.1, 0.15) is 0 Å². The van der Waals surface area contributed by atoms with E-state index < -0.39 is 0 Å². The van der Waals surface area contributed by atoms with E-state index in [0.717, 1.165) is 18.7 Å². The maximum Gasteiger partial charge on any atom is 0.180 e. The molecule has 92 valence electrons. The van der Waals surface area contributed by atoms with Gasteiger partial charge < -0.3 is 15.8 Å². The fraction of sp³-hybridized carbons (Fsp3) is 0.727. The zero-order valence-corrected chi connectivity index (χ0v) is 11.2. The van der Waals surface area contributed by atoms with E-state index in [1.807, 2.05) is 5.38 Å². The Balaban J connectivity index is 2.33. The number of nitrogens with one attached hydrogen (secondary N) is 1. The lowest BCUT2D eigenvalue weighted by atomic mass is 10.00. The molecule has 0 unspecified atom stereocenters. The molecule has 1 rings (SSSR count). The van der Waals surface area contributed by atoms with Crippen LogP contribution in [0.5, 0.6) is 0 Å². The van der Waals surface area contributed by atoms with E-state index in [-0.39, 0.29) is 5.60 Å². The summed E-state index contributed by atoms with van der Waals surface area (Å²) in [5.74, 6) is 0. The van der Waals surface area contributed by atoms with Crippen molar-refractivity contribution in [3.05, 3.63) is 11.1 Å². The van der Waals surface area contributed by atoms with Gasteiger partial charge in [0.2, 0.25) is 0 Å². The molecule has 16 heavy (non-hydrogen) atoms. The molecule has 0 amide bonds. The molecule has 0 fully saturated rings. The van der Waals surface area contributed by atoms with Crippen molar-refractivity contribution in [2.24, 2.45) is 0 Å². The SMILES string of the molecule is COC(C)(C)C[C@@H](C)NCc1csc(N)n1. The number of anilines is 1. The maximum atomic E-state index is 5.57. The molecule has 5 heteroatoms. The summed E-state index contributed by atoms with van der Waals surface area (Å²) in [7, 11) is 1.74. The Labute approximate surface area is 101 Å². The van der Waals surface area contributed by atoms with E-state index in [1.54, 1.807) is 7.11 Å². The molecule has 0 aromatic carbocycles. The second-order valence-electron chi connectivity index (χ2n) is 4.63. The van der Waals surface area contributed by atoms with E-state index in [4.69, 9.17) is 10.5 Å². The van der Waals surface area contributed by atoms with Crippen LogP contribution >= 0.6 is 11.3 Å². The van der Waals surface area contributed by atoms with Crippen LogP contribution in [-0.2, 0) is 11.3 Å². The Morgan fingerprint density at radius 2 is 2.31 bits per heavy atom. The highest BCUT2D eigenvalue weighted by atomic mass is 32.1. The van der Waals surface area contributed by atoms with Crippen LogP contribution in [0.25, 0.3) is 0 Å². The summed E-state index contributed by atoms with van der Waals surface area (Å²) in [5.41, 5.74) is 6.48. The van der Waals surface area contributed by atoms with Gasteiger partial charge in [0.05, 0.1) is 11.3 Å². The molecule has 1 atom stereocenters. The number of methoxy groups -OCH3 is 1. The minimum atomic E-state index is -0.0898. The first kappa shape index (κ1) is 13.4. The molecule has 0 saturated heterocycles. The van der Waals surface area contributed by atoms with Crippen LogP contribution in [0.15, 0.2) is 5.38 Å². The highest BCUT2D eigenvalue weighted by Gasteiger charge is 2.19. The maximum absolute atomic E-state index is 5.57. The third kappa shape index (κ3) is 4.47. The summed E-state index contributed by atoms with van der Waals surface area (Å²) in [6, 6.07) is 0.387. The van der Waals surface area contributed by atoms with Crippen molar-refractivity contribution in [3.8, 4) is 0 Å². The number of thiazole rings is 1. The molecule has 0 aliphatic heterocycles. The molecule has 1 aromatic rings. The van der Waals surface area contributed by atoms with Crippen molar-refractivity contribution in [1.82, 2.24) is 10.3 Å². The Hall–Kier alpha value is -0.650. The summed E-state index contributed by atoms with van der Waals surface area (Å²) < 4.78 is 5.39. The van der Waals surface area contributed by atoms with Gasteiger partial charge in [0.25, 0.3) is 0 Å². The van der Waals surface area contributed by atoms with Crippen LogP contribution in [0.3, 0.4) is 0 Å². The standard InChI is InChI=1S/C11H21N3OS/c1-8(5-11(2,3)15-4)13-6-9-7-16-10(12)14-9/h7-8,13H,5-6H2,1-4H3,(H2,12,14)/t8-/m1/s1. The molecule has 3 N–H and O–H groups in total. The highest BCUT2D eigenvalue weighted by Crippen LogP contribution is 2.16. The van der Waals surface area contributed by atoms with Crippen LogP contribution in [0, 0.1) is 0 Å². The molecule has 0 aliphatic carbocycles. The Kier molecular flexibility index (Phi) is 4.70. The van der Waals surface area contributed by atoms with E-state index in [2.05, 4.69) is 31.1 Å². The van der Waals surface area contributed by atoms with Crippen molar-refractivity contribution < 1.29 is 4.74 Å². The molecule has 0 radical (unpaired) electrons. The lowest BCUT2D eigenvalue weighted by molar-refractivity contribution is 0.00842. The first-order valence-electron chi connectivity index (χ1n) is 5.41. The highest BCUT2D eigenvalue weighted by molar-refractivity contribution is 7.13. The largest absolute Gasteiger partial charge is 0.379 e. The molecule has 0 spiro atoms. The number of nitrogens with zero attached hydrogens (tertiary/aromatic N) is 1. The first-order valence-corrected chi connectivity index (χ1v) is 6.29. The molecule has 1 aromatic heterocycles. The van der Waals surface area contributed by atoms with Crippen LogP contribution < -0.4 is 11.1 Å². The Morgan fingerprint density at radius 3 is 2.81 bits per heavy atom. The van der Waals surface area contributed by atoms with Crippen molar-refractivity contribution in [1.29, 1.82) is 0 Å². The number of aromatic nitrogens is 1. The summed E-state index contributed by atoms with van der Waals surface area (Å²) in [6.07, 6.45) is 0.961. The first-order chi connectivity index (χ1) is 7.43. The summed E-state index contributed by atoms with van der Waals surface area (Å²) in [6.45, 7) is 7.09. The van der Waals surface area contributed by atoms with Gasteiger partial charge in [0, 0.05) is 25.1 Å². The van der Waals surface area contributed by atoms with Crippen molar-refractivity contribution >= 4 is 16.5 Å². The molecular weight excluding hydrogens is 222 g/mol. The van der Waals surface area contributed by atoms with Gasteiger partial charge >= 0.3 is 0 Å². The summed E-state index contributed by atoms with van der Waals surface area (Å²) >= 11 is 1.48. The second-order valence-corrected chi connectivity index (χ2v) is 5.52. The van der Waals surface area contributed by atoms with Gasteiger partial charge in [-0.1, -0.05) is 0 Å². The van der Waals surface area contributed by atoms with E-state index in [9.17, 15) is 0 Å². The van der Waals surface area contributed by atoms with E-state index >= 15 is 0 Å². The van der Waals surface area contributed by atoms with Gasteiger partial charge in [0.15, 0.2) is 5.13 Å². The number of ether oxygens (including phenoxy) is 1. The van der Waals surface area contributed by atoms with Crippen LogP contribution in [0.1, 0.15) is 32.9 Å². The van der Waals surface area contributed by atoms with E-state index in [1.165, 1.54) is 11.3 Å². The predicted octanol–water partition coefficient (Wildman–Crippen LogP) is 2.02. The van der Waals surface area contributed by atoms with Gasteiger partial charge in [-0.05, 0) is 27.2 Å². The van der Waals surface area contributed by atoms with Gasteiger partial charge in [-0.2, -0.15) is 0 Å². The quantitative estimate of drug-likeness (QED) is 0.802. The van der Waals surface area contributed by atoms with Crippen LogP contribution in [0.4, 0.5) is 5.13 Å². The fourth-order valence-corrected chi connectivity index (χ4v) is 2.14. The molecule has 1 heterocycles. The number of hydrogen-bond donors (Lipinski definition) is 2. The zero-order chi connectivity index (χ0) is 12.2.